The van der Waals surface area contributed by atoms with Crippen molar-refractivity contribution in [2.24, 2.45) is 0 Å². The molecular weight excluding hydrogens is 616 g/mol. The van der Waals surface area contributed by atoms with E-state index in [1.54, 1.807) is 61.3 Å². The lowest BCUT2D eigenvalue weighted by Crippen LogP contribution is -2.22. The molecule has 0 saturated carbocycles. The third-order valence-electron chi connectivity index (χ3n) is 8.05. The maximum atomic E-state index is 15.8. The molecule has 4 aromatic heterocycles. The van der Waals surface area contributed by atoms with Crippen LogP contribution in [0.25, 0.3) is 27.9 Å². The molecule has 1 fully saturated rings. The molecule has 1 saturated heterocycles. The molecule has 5 heterocycles. The number of aliphatic hydroxyl groups is 1. The first-order valence-corrected chi connectivity index (χ1v) is 15.8. The van der Waals surface area contributed by atoms with E-state index >= 15 is 8.78 Å². The van der Waals surface area contributed by atoms with E-state index in [0.717, 1.165) is 17.7 Å². The average Bonchev–Trinajstić information content (AvgIpc) is 3.68. The van der Waals surface area contributed by atoms with Crippen molar-refractivity contribution in [2.75, 3.05) is 28.0 Å². The molecule has 1 atom stereocenters. The molecule has 46 heavy (non-hydrogen) atoms. The van der Waals surface area contributed by atoms with Crippen molar-refractivity contribution in [3.63, 3.8) is 0 Å². The summed E-state index contributed by atoms with van der Waals surface area (Å²) in [5.41, 5.74) is 2.14. The minimum atomic E-state index is -4.19. The smallest absolute Gasteiger partial charge is 0.262 e. The number of fused-ring (bicyclic) bond motifs is 2. The fourth-order valence-electron chi connectivity index (χ4n) is 5.51. The lowest BCUT2D eigenvalue weighted by Gasteiger charge is -2.17. The second-order valence-corrected chi connectivity index (χ2v) is 12.6. The van der Waals surface area contributed by atoms with Gasteiger partial charge in [0.1, 0.15) is 41.0 Å². The number of β-amino-alcohol motifs (C(OH)–C–C–N with tert-alkyl or cyclic N) is 1. The highest BCUT2D eigenvalue weighted by Crippen LogP contribution is 2.33. The van der Waals surface area contributed by atoms with E-state index in [4.69, 9.17) is 4.98 Å². The highest BCUT2D eigenvalue weighted by molar-refractivity contribution is 7.92. The topological polar surface area (TPSA) is 151 Å². The molecule has 6 aromatic rings. The van der Waals surface area contributed by atoms with Gasteiger partial charge in [-0.3, -0.25) is 9.29 Å². The van der Waals surface area contributed by atoms with Gasteiger partial charge < -0.3 is 15.3 Å². The predicted molar refractivity (Wildman–Crippen MR) is 169 cm³/mol. The average molecular weight is 644 g/mol. The monoisotopic (exact) mass is 643 g/mol. The van der Waals surface area contributed by atoms with E-state index < -0.39 is 39.1 Å². The maximum absolute atomic E-state index is 15.8. The van der Waals surface area contributed by atoms with Gasteiger partial charge in [-0.1, -0.05) is 12.1 Å². The number of sulfonamides is 1. The van der Waals surface area contributed by atoms with Gasteiger partial charge in [0, 0.05) is 19.3 Å². The molecular formula is C31H27F2N9O3S. The van der Waals surface area contributed by atoms with Gasteiger partial charge in [0.2, 0.25) is 0 Å². The largest absolute Gasteiger partial charge is 0.391 e. The van der Waals surface area contributed by atoms with Gasteiger partial charge in [-0.05, 0) is 67.8 Å². The summed E-state index contributed by atoms with van der Waals surface area (Å²) < 4.78 is 61.2. The molecule has 0 radical (unpaired) electrons. The molecule has 12 nitrogen and oxygen atoms in total. The number of aryl methyl sites for hydroxylation is 1. The minimum absolute atomic E-state index is 0.00276. The zero-order chi connectivity index (χ0) is 32.2. The second-order valence-electron chi connectivity index (χ2n) is 11.0. The Morgan fingerprint density at radius 1 is 0.978 bits per heavy atom. The Labute approximate surface area is 261 Å². The first-order chi connectivity index (χ1) is 22.1. The number of benzene rings is 2. The first kappa shape index (κ1) is 29.4. The number of pyridine rings is 2. The van der Waals surface area contributed by atoms with Crippen molar-refractivity contribution in [2.45, 2.75) is 31.3 Å². The van der Waals surface area contributed by atoms with Crippen LogP contribution in [0.4, 0.5) is 31.8 Å². The number of aliphatic hydroxyl groups excluding tert-OH is 1. The van der Waals surface area contributed by atoms with Crippen LogP contribution in [0, 0.1) is 25.5 Å². The first-order valence-electron chi connectivity index (χ1n) is 14.3. The lowest BCUT2D eigenvalue weighted by molar-refractivity contribution is 0.198. The molecule has 0 amide bonds. The molecule has 2 aromatic carbocycles. The summed E-state index contributed by atoms with van der Waals surface area (Å²) >= 11 is 0. The predicted octanol–water partition coefficient (Wildman–Crippen LogP) is 4.77. The SMILES string of the molecule is Cc1cccc(S(=O)(=O)Nc2ccc(F)c(Nc3ncnc4ccc(-n5cnc6c(N7CC[C@@H](O)C7)nccc65)nc34)c2F)c1C. The fraction of sp³-hybridized carbons (Fsp3) is 0.194. The van der Waals surface area contributed by atoms with E-state index in [1.807, 2.05) is 4.90 Å². The van der Waals surface area contributed by atoms with Crippen LogP contribution < -0.4 is 14.9 Å². The van der Waals surface area contributed by atoms with Gasteiger partial charge in [-0.15, -0.1) is 0 Å². The Morgan fingerprint density at radius 2 is 1.83 bits per heavy atom. The van der Waals surface area contributed by atoms with Gasteiger partial charge in [-0.25, -0.2) is 42.1 Å². The lowest BCUT2D eigenvalue weighted by atomic mass is 10.1. The van der Waals surface area contributed by atoms with E-state index in [0.29, 0.717) is 53.3 Å². The maximum Gasteiger partial charge on any atom is 0.262 e. The zero-order valence-electron chi connectivity index (χ0n) is 24.6. The van der Waals surface area contributed by atoms with Crippen molar-refractivity contribution in [3.8, 4) is 5.82 Å². The molecule has 15 heteroatoms. The Kier molecular flexibility index (Phi) is 7.21. The summed E-state index contributed by atoms with van der Waals surface area (Å²) in [6.45, 7) is 4.54. The number of nitrogens with one attached hydrogen (secondary N) is 2. The highest BCUT2D eigenvalue weighted by Gasteiger charge is 2.25. The fourth-order valence-corrected chi connectivity index (χ4v) is 6.89. The van der Waals surface area contributed by atoms with E-state index in [2.05, 4.69) is 30.0 Å². The Balaban J connectivity index is 1.25. The molecule has 0 unspecified atom stereocenters. The summed E-state index contributed by atoms with van der Waals surface area (Å²) in [5, 5.41) is 12.7. The number of hydrogen-bond donors (Lipinski definition) is 3. The second kappa shape index (κ2) is 11.3. The van der Waals surface area contributed by atoms with Crippen LogP contribution in [-0.4, -0.2) is 62.2 Å². The zero-order valence-corrected chi connectivity index (χ0v) is 25.4. The summed E-state index contributed by atoms with van der Waals surface area (Å²) in [5.74, 6) is -1.05. The third-order valence-corrected chi connectivity index (χ3v) is 9.56. The van der Waals surface area contributed by atoms with Crippen molar-refractivity contribution in [1.82, 2.24) is 29.5 Å². The van der Waals surface area contributed by atoms with Gasteiger partial charge in [0.05, 0.1) is 27.7 Å². The van der Waals surface area contributed by atoms with Crippen LogP contribution >= 0.6 is 0 Å². The van der Waals surface area contributed by atoms with Crippen molar-refractivity contribution >= 4 is 55.1 Å². The minimum Gasteiger partial charge on any atom is -0.391 e. The number of nitrogens with zero attached hydrogens (tertiary/aromatic N) is 7. The normalized spacial score (nSPS) is 15.2. The standard InChI is InChI=1S/C31H27F2N9O3S/c1-17-4-3-5-24(18(17)2)46(44,45)40-21-7-6-20(32)27(26(21)33)39-30-28-22(35-15-36-30)8-9-25(38-28)42-16-37-29-23(42)10-12-34-31(29)41-13-11-19(43)14-41/h3-10,12,15-16,19,40,43H,11,13-14H2,1-2H3,(H,35,36,39)/t19-/m1/s1. The van der Waals surface area contributed by atoms with Gasteiger partial charge in [0.15, 0.2) is 17.5 Å². The van der Waals surface area contributed by atoms with Crippen LogP contribution in [0.15, 0.2) is 72.3 Å². The van der Waals surface area contributed by atoms with Crippen LogP contribution in [0.5, 0.6) is 0 Å². The van der Waals surface area contributed by atoms with E-state index in [1.165, 1.54) is 12.4 Å². The molecule has 1 aliphatic rings. The number of halogens is 2. The van der Waals surface area contributed by atoms with Crippen LogP contribution in [0.3, 0.4) is 0 Å². The van der Waals surface area contributed by atoms with Crippen molar-refractivity contribution in [1.29, 1.82) is 0 Å². The molecule has 3 N–H and O–H groups in total. The van der Waals surface area contributed by atoms with Gasteiger partial charge in [0.25, 0.3) is 10.0 Å². The number of aromatic nitrogens is 6. The molecule has 1 aliphatic heterocycles. The Bertz CT molecular complexity index is 2260. The van der Waals surface area contributed by atoms with E-state index in [-0.39, 0.29) is 16.2 Å². The highest BCUT2D eigenvalue weighted by atomic mass is 32.2. The number of hydrogen-bond acceptors (Lipinski definition) is 10. The summed E-state index contributed by atoms with van der Waals surface area (Å²) in [4.78, 5) is 24.2. The number of imidazole rings is 1. The van der Waals surface area contributed by atoms with E-state index in [9.17, 15) is 13.5 Å². The summed E-state index contributed by atoms with van der Waals surface area (Å²) in [7, 11) is -4.19. The quantitative estimate of drug-likeness (QED) is 0.222. The van der Waals surface area contributed by atoms with Crippen molar-refractivity contribution < 1.29 is 22.3 Å². The van der Waals surface area contributed by atoms with Crippen LogP contribution in [0.2, 0.25) is 0 Å². The molecule has 7 rings (SSSR count). The Hall–Kier alpha value is -5.28. The molecule has 0 spiro atoms. The summed E-state index contributed by atoms with van der Waals surface area (Å²) in [6, 6.07) is 12.0. The molecule has 0 bridgehead atoms. The third kappa shape index (κ3) is 5.12. The Morgan fingerprint density at radius 3 is 2.63 bits per heavy atom. The number of anilines is 4. The van der Waals surface area contributed by atoms with Crippen molar-refractivity contribution in [3.05, 3.63) is 90.1 Å². The van der Waals surface area contributed by atoms with Gasteiger partial charge in [-0.2, -0.15) is 0 Å². The van der Waals surface area contributed by atoms with Gasteiger partial charge >= 0.3 is 0 Å². The molecule has 234 valence electrons. The van der Waals surface area contributed by atoms with Crippen LogP contribution in [0.1, 0.15) is 17.5 Å². The number of rotatable bonds is 7. The molecule has 0 aliphatic carbocycles. The summed E-state index contributed by atoms with van der Waals surface area (Å²) in [6.07, 6.45) is 4.69. The van der Waals surface area contributed by atoms with Crippen LogP contribution in [-0.2, 0) is 10.0 Å².